The van der Waals surface area contributed by atoms with Gasteiger partial charge in [-0.15, -0.1) is 11.3 Å². The lowest BCUT2D eigenvalue weighted by atomic mass is 10.1. The van der Waals surface area contributed by atoms with Crippen molar-refractivity contribution < 1.29 is 22.9 Å². The van der Waals surface area contributed by atoms with Gasteiger partial charge in [-0.2, -0.15) is 4.31 Å². The molecular formula is C19H22N4O6S2. The van der Waals surface area contributed by atoms with Gasteiger partial charge < -0.3 is 14.5 Å². The van der Waals surface area contributed by atoms with Crippen molar-refractivity contribution in [2.75, 3.05) is 57.4 Å². The van der Waals surface area contributed by atoms with Crippen LogP contribution in [0.3, 0.4) is 0 Å². The van der Waals surface area contributed by atoms with E-state index < -0.39 is 14.9 Å². The molecule has 12 heteroatoms. The Morgan fingerprint density at radius 1 is 1.06 bits per heavy atom. The van der Waals surface area contributed by atoms with E-state index in [4.69, 9.17) is 4.74 Å². The van der Waals surface area contributed by atoms with Gasteiger partial charge in [0.05, 0.1) is 18.1 Å². The minimum atomic E-state index is -3.56. The Hall–Kier alpha value is -2.54. The number of morpholine rings is 1. The summed E-state index contributed by atoms with van der Waals surface area (Å²) in [7, 11) is -3.56. The average Bonchev–Trinajstić information content (AvgIpc) is 3.35. The van der Waals surface area contributed by atoms with Crippen molar-refractivity contribution >= 4 is 38.6 Å². The lowest BCUT2D eigenvalue weighted by Gasteiger charge is -2.34. The molecule has 2 aliphatic rings. The van der Waals surface area contributed by atoms with Crippen LogP contribution in [0.25, 0.3) is 0 Å². The fourth-order valence-corrected chi connectivity index (χ4v) is 6.29. The van der Waals surface area contributed by atoms with Crippen LogP contribution in [-0.2, 0) is 14.8 Å². The lowest BCUT2D eigenvalue weighted by Crippen LogP contribution is -2.50. The molecule has 2 aromatic rings. The van der Waals surface area contributed by atoms with Crippen LogP contribution in [0.15, 0.2) is 39.9 Å². The minimum Gasteiger partial charge on any atom is -0.378 e. The van der Waals surface area contributed by atoms with E-state index in [9.17, 15) is 23.3 Å². The molecule has 3 heterocycles. The van der Waals surface area contributed by atoms with Crippen molar-refractivity contribution in [1.29, 1.82) is 0 Å². The van der Waals surface area contributed by atoms with E-state index in [-0.39, 0.29) is 47.5 Å². The SMILES string of the molecule is O=C(c1ccc(N2CCOCC2)c([N+](=O)[O-])c1)N1CCN(S(=O)(=O)c2cccs2)CC1. The molecule has 1 amide bonds. The molecule has 4 rings (SSSR count). The van der Waals surface area contributed by atoms with Gasteiger partial charge in [-0.1, -0.05) is 6.07 Å². The second-order valence-corrected chi connectivity index (χ2v) is 10.3. The van der Waals surface area contributed by atoms with Gasteiger partial charge in [-0.3, -0.25) is 14.9 Å². The van der Waals surface area contributed by atoms with Crippen molar-refractivity contribution in [2.24, 2.45) is 0 Å². The molecular weight excluding hydrogens is 444 g/mol. The van der Waals surface area contributed by atoms with E-state index >= 15 is 0 Å². The molecule has 0 saturated carbocycles. The van der Waals surface area contributed by atoms with Gasteiger partial charge in [0.15, 0.2) is 0 Å². The smallest absolute Gasteiger partial charge is 0.293 e. The standard InChI is InChI=1S/C19H22N4O6S2/c24-19(21-5-7-22(8-6-21)31(27,28)18-2-1-13-30-18)15-3-4-16(17(14-15)23(25)26)20-9-11-29-12-10-20/h1-4,13-14H,5-12H2. The molecule has 0 atom stereocenters. The van der Waals surface area contributed by atoms with E-state index in [1.807, 2.05) is 4.90 Å². The normalized spacial score (nSPS) is 18.2. The third kappa shape index (κ3) is 4.42. The topological polar surface area (TPSA) is 113 Å². The predicted molar refractivity (Wildman–Crippen MR) is 115 cm³/mol. The van der Waals surface area contributed by atoms with Crippen LogP contribution in [0.1, 0.15) is 10.4 Å². The summed E-state index contributed by atoms with van der Waals surface area (Å²) in [4.78, 5) is 27.5. The van der Waals surface area contributed by atoms with Crippen LogP contribution in [0, 0.1) is 10.1 Å². The number of sulfonamides is 1. The zero-order valence-corrected chi connectivity index (χ0v) is 18.3. The fraction of sp³-hybridized carbons (Fsp3) is 0.421. The van der Waals surface area contributed by atoms with Gasteiger partial charge in [0.1, 0.15) is 9.90 Å². The molecule has 0 radical (unpaired) electrons. The number of nitro groups is 1. The molecule has 1 aromatic carbocycles. The number of anilines is 1. The second kappa shape index (κ2) is 8.91. The number of nitro benzene ring substituents is 1. The highest BCUT2D eigenvalue weighted by atomic mass is 32.2. The predicted octanol–water partition coefficient (Wildman–Crippen LogP) is 1.64. The zero-order valence-electron chi connectivity index (χ0n) is 16.7. The number of carbonyl (C=O) groups excluding carboxylic acids is 1. The summed E-state index contributed by atoms with van der Waals surface area (Å²) in [5.74, 6) is -0.343. The number of rotatable bonds is 5. The number of thiophene rings is 1. The number of ether oxygens (including phenoxy) is 1. The summed E-state index contributed by atoms with van der Waals surface area (Å²) in [6, 6.07) is 7.75. The Morgan fingerprint density at radius 2 is 1.77 bits per heavy atom. The molecule has 2 fully saturated rings. The molecule has 0 unspecified atom stereocenters. The molecule has 0 N–H and O–H groups in total. The van der Waals surface area contributed by atoms with E-state index in [0.717, 1.165) is 11.3 Å². The maximum Gasteiger partial charge on any atom is 0.293 e. The summed E-state index contributed by atoms with van der Waals surface area (Å²) < 4.78 is 32.2. The van der Waals surface area contributed by atoms with Crippen LogP contribution in [0.2, 0.25) is 0 Å². The molecule has 0 bridgehead atoms. The first-order valence-corrected chi connectivity index (χ1v) is 12.1. The van der Waals surface area contributed by atoms with Gasteiger partial charge in [-0.05, 0) is 23.6 Å². The monoisotopic (exact) mass is 466 g/mol. The van der Waals surface area contributed by atoms with Crippen molar-refractivity contribution in [3.05, 3.63) is 51.4 Å². The number of hydrogen-bond acceptors (Lipinski definition) is 8. The Morgan fingerprint density at radius 3 is 2.39 bits per heavy atom. The van der Waals surface area contributed by atoms with Crippen LogP contribution in [0.5, 0.6) is 0 Å². The number of piperazine rings is 1. The summed E-state index contributed by atoms with van der Waals surface area (Å²) in [6.45, 7) is 2.90. The summed E-state index contributed by atoms with van der Waals surface area (Å²) in [6.07, 6.45) is 0. The van der Waals surface area contributed by atoms with Gasteiger partial charge in [0, 0.05) is 50.9 Å². The summed E-state index contributed by atoms with van der Waals surface area (Å²) in [5, 5.41) is 13.3. The van der Waals surface area contributed by atoms with Crippen LogP contribution in [-0.4, -0.2) is 80.9 Å². The highest BCUT2D eigenvalue weighted by molar-refractivity contribution is 7.91. The first-order chi connectivity index (χ1) is 14.9. The Bertz CT molecular complexity index is 1060. The first kappa shape index (κ1) is 21.7. The van der Waals surface area contributed by atoms with Gasteiger partial charge in [0.2, 0.25) is 0 Å². The summed E-state index contributed by atoms with van der Waals surface area (Å²) in [5.41, 5.74) is 0.571. The third-order valence-electron chi connectivity index (χ3n) is 5.39. The maximum atomic E-state index is 13.0. The van der Waals surface area contributed by atoms with E-state index in [2.05, 4.69) is 0 Å². The van der Waals surface area contributed by atoms with E-state index in [0.29, 0.717) is 32.0 Å². The molecule has 2 aliphatic heterocycles. The Labute approximate surface area is 183 Å². The number of hydrogen-bond donors (Lipinski definition) is 0. The Kier molecular flexibility index (Phi) is 6.23. The highest BCUT2D eigenvalue weighted by Crippen LogP contribution is 2.30. The zero-order chi connectivity index (χ0) is 22.0. The van der Waals surface area contributed by atoms with Gasteiger partial charge >= 0.3 is 0 Å². The van der Waals surface area contributed by atoms with Gasteiger partial charge in [-0.25, -0.2) is 8.42 Å². The minimum absolute atomic E-state index is 0.119. The van der Waals surface area contributed by atoms with Crippen LogP contribution >= 0.6 is 11.3 Å². The second-order valence-electron chi connectivity index (χ2n) is 7.19. The van der Waals surface area contributed by atoms with Crippen LogP contribution in [0.4, 0.5) is 11.4 Å². The van der Waals surface area contributed by atoms with E-state index in [1.165, 1.54) is 15.3 Å². The summed E-state index contributed by atoms with van der Waals surface area (Å²) >= 11 is 1.16. The molecule has 0 spiro atoms. The number of carbonyl (C=O) groups is 1. The number of amides is 1. The number of nitrogens with zero attached hydrogens (tertiary/aromatic N) is 4. The third-order valence-corrected chi connectivity index (χ3v) is 8.66. The van der Waals surface area contributed by atoms with Crippen molar-refractivity contribution in [3.63, 3.8) is 0 Å². The largest absolute Gasteiger partial charge is 0.378 e. The Balaban J connectivity index is 1.47. The molecule has 2 saturated heterocycles. The van der Waals surface area contributed by atoms with Crippen molar-refractivity contribution in [1.82, 2.24) is 9.21 Å². The maximum absolute atomic E-state index is 13.0. The molecule has 10 nitrogen and oxygen atoms in total. The fourth-order valence-electron chi connectivity index (χ4n) is 3.73. The molecule has 1 aromatic heterocycles. The van der Waals surface area contributed by atoms with Gasteiger partial charge in [0.25, 0.3) is 21.6 Å². The van der Waals surface area contributed by atoms with Crippen molar-refractivity contribution in [3.8, 4) is 0 Å². The van der Waals surface area contributed by atoms with Crippen LogP contribution < -0.4 is 4.90 Å². The highest BCUT2D eigenvalue weighted by Gasteiger charge is 2.32. The van der Waals surface area contributed by atoms with E-state index in [1.54, 1.807) is 29.6 Å². The molecule has 31 heavy (non-hydrogen) atoms. The number of benzene rings is 1. The molecule has 0 aliphatic carbocycles. The average molecular weight is 467 g/mol. The quantitative estimate of drug-likeness (QED) is 0.486. The molecule has 166 valence electrons. The lowest BCUT2D eigenvalue weighted by molar-refractivity contribution is -0.384. The first-order valence-electron chi connectivity index (χ1n) is 9.82. The van der Waals surface area contributed by atoms with Crippen molar-refractivity contribution in [2.45, 2.75) is 4.21 Å².